The number of methoxy groups -OCH3 is 1. The van der Waals surface area contributed by atoms with E-state index in [4.69, 9.17) is 11.3 Å². The maximum absolute atomic E-state index is 12.4. The summed E-state index contributed by atoms with van der Waals surface area (Å²) in [7, 11) is 1.53. The fraction of sp³-hybridized carbons (Fsp3) is 0.176. The molecule has 0 aliphatic carbocycles. The number of hydrogen-bond donors (Lipinski definition) is 1. The van der Waals surface area contributed by atoms with Crippen LogP contribution in [0.25, 0.3) is 4.85 Å². The molecule has 0 spiro atoms. The molecule has 0 heterocycles. The summed E-state index contributed by atoms with van der Waals surface area (Å²) < 4.78 is 5.07. The van der Waals surface area contributed by atoms with Crippen molar-refractivity contribution < 1.29 is 9.53 Å². The van der Waals surface area contributed by atoms with Crippen molar-refractivity contribution in [1.29, 1.82) is 0 Å². The van der Waals surface area contributed by atoms with E-state index in [1.165, 1.54) is 7.11 Å². The van der Waals surface area contributed by atoms with Crippen molar-refractivity contribution in [1.82, 2.24) is 0 Å². The van der Waals surface area contributed by atoms with Crippen LogP contribution in [0.1, 0.15) is 21.5 Å². The largest absolute Gasteiger partial charge is 0.498 e. The molecule has 0 radical (unpaired) electrons. The summed E-state index contributed by atoms with van der Waals surface area (Å²) in [5.41, 5.74) is 3.49. The summed E-state index contributed by atoms with van der Waals surface area (Å²) in [6, 6.07) is 10.6. The number of ether oxygens (including phenoxy) is 1. The van der Waals surface area contributed by atoms with Gasteiger partial charge in [-0.25, -0.2) is 4.85 Å². The van der Waals surface area contributed by atoms with E-state index in [1.807, 2.05) is 32.0 Å². The predicted molar refractivity (Wildman–Crippen MR) is 83.1 cm³/mol. The van der Waals surface area contributed by atoms with Gasteiger partial charge >= 0.3 is 0 Å². The Kier molecular flexibility index (Phi) is 4.24. The first-order chi connectivity index (χ1) is 10.1. The number of nitrogens with one attached hydrogen (secondary N) is 1. The summed E-state index contributed by atoms with van der Waals surface area (Å²) in [5, 5.41) is 2.86. The SMILES string of the molecule is [C-]#[N+]c1cc(OC)ccc1C(=O)Nc1cccc(C)c1C. The lowest BCUT2D eigenvalue weighted by atomic mass is 10.1. The molecular weight excluding hydrogens is 264 g/mol. The lowest BCUT2D eigenvalue weighted by molar-refractivity contribution is 0.102. The number of nitrogens with zero attached hydrogens (tertiary/aromatic N) is 1. The number of aryl methyl sites for hydroxylation is 1. The molecule has 0 fully saturated rings. The van der Waals surface area contributed by atoms with Crippen molar-refractivity contribution >= 4 is 17.3 Å². The van der Waals surface area contributed by atoms with E-state index in [0.29, 0.717) is 11.3 Å². The molecule has 21 heavy (non-hydrogen) atoms. The first-order valence-corrected chi connectivity index (χ1v) is 6.50. The molecule has 0 bridgehead atoms. The smallest absolute Gasteiger partial charge is 0.245 e. The molecule has 0 saturated carbocycles. The third-order valence-electron chi connectivity index (χ3n) is 3.42. The molecular formula is C17H16N2O2. The van der Waals surface area contributed by atoms with Gasteiger partial charge in [0, 0.05) is 11.3 Å². The zero-order valence-corrected chi connectivity index (χ0v) is 12.2. The lowest BCUT2D eigenvalue weighted by Crippen LogP contribution is -2.13. The van der Waals surface area contributed by atoms with Gasteiger partial charge in [-0.3, -0.25) is 4.79 Å². The average molecular weight is 280 g/mol. The van der Waals surface area contributed by atoms with Gasteiger partial charge in [0.15, 0.2) is 0 Å². The van der Waals surface area contributed by atoms with Gasteiger partial charge in [-0.1, -0.05) is 18.2 Å². The van der Waals surface area contributed by atoms with E-state index in [9.17, 15) is 4.79 Å². The van der Waals surface area contributed by atoms with Crippen LogP contribution in [0.15, 0.2) is 36.4 Å². The van der Waals surface area contributed by atoms with Crippen molar-refractivity contribution in [3.63, 3.8) is 0 Å². The van der Waals surface area contributed by atoms with Crippen molar-refractivity contribution in [3.05, 3.63) is 64.5 Å². The summed E-state index contributed by atoms with van der Waals surface area (Å²) in [6.07, 6.45) is 0. The molecule has 0 aliphatic heterocycles. The van der Waals surface area contributed by atoms with Gasteiger partial charge in [0.05, 0.1) is 13.7 Å². The van der Waals surface area contributed by atoms with E-state index in [1.54, 1.807) is 18.2 Å². The second-order valence-electron chi connectivity index (χ2n) is 4.70. The number of anilines is 1. The maximum Gasteiger partial charge on any atom is 0.245 e. The van der Waals surface area contributed by atoms with E-state index < -0.39 is 0 Å². The molecule has 106 valence electrons. The van der Waals surface area contributed by atoms with E-state index in [-0.39, 0.29) is 11.6 Å². The van der Waals surface area contributed by atoms with Crippen LogP contribution in [0.4, 0.5) is 11.4 Å². The molecule has 0 aliphatic rings. The summed E-state index contributed by atoms with van der Waals surface area (Å²) in [5.74, 6) is 0.265. The van der Waals surface area contributed by atoms with Crippen molar-refractivity contribution in [3.8, 4) is 5.75 Å². The highest BCUT2D eigenvalue weighted by molar-refractivity contribution is 6.08. The zero-order valence-electron chi connectivity index (χ0n) is 12.2. The van der Waals surface area contributed by atoms with Gasteiger partial charge in [-0.15, -0.1) is 0 Å². The summed E-state index contributed by atoms with van der Waals surface area (Å²) in [4.78, 5) is 15.8. The summed E-state index contributed by atoms with van der Waals surface area (Å²) >= 11 is 0. The first-order valence-electron chi connectivity index (χ1n) is 6.50. The van der Waals surface area contributed by atoms with Crippen molar-refractivity contribution in [2.24, 2.45) is 0 Å². The number of hydrogen-bond acceptors (Lipinski definition) is 2. The van der Waals surface area contributed by atoms with Gasteiger partial charge in [0.1, 0.15) is 5.75 Å². The topological polar surface area (TPSA) is 42.7 Å². The Hall–Kier alpha value is -2.80. The Morgan fingerprint density at radius 1 is 1.24 bits per heavy atom. The Labute approximate surface area is 124 Å². The Bertz CT molecular complexity index is 730. The number of benzene rings is 2. The van der Waals surface area contributed by atoms with Crippen LogP contribution in [0, 0.1) is 20.4 Å². The third kappa shape index (κ3) is 3.03. The minimum Gasteiger partial charge on any atom is -0.498 e. The van der Waals surface area contributed by atoms with Crippen molar-refractivity contribution in [2.75, 3.05) is 12.4 Å². The lowest BCUT2D eigenvalue weighted by Gasteiger charge is -2.11. The Morgan fingerprint density at radius 2 is 2.00 bits per heavy atom. The molecule has 0 atom stereocenters. The van der Waals surface area contributed by atoms with Gasteiger partial charge in [-0.05, 0) is 43.2 Å². The second-order valence-corrected chi connectivity index (χ2v) is 4.70. The van der Waals surface area contributed by atoms with E-state index in [2.05, 4.69) is 10.2 Å². The normalized spacial score (nSPS) is 9.81. The molecule has 2 rings (SSSR count). The quantitative estimate of drug-likeness (QED) is 0.859. The Morgan fingerprint density at radius 3 is 2.67 bits per heavy atom. The van der Waals surface area contributed by atoms with Gasteiger partial charge in [0.25, 0.3) is 0 Å². The van der Waals surface area contributed by atoms with E-state index >= 15 is 0 Å². The van der Waals surface area contributed by atoms with Gasteiger partial charge in [-0.2, -0.15) is 0 Å². The first kappa shape index (κ1) is 14.6. The standard InChI is InChI=1S/C17H16N2O2/c1-11-6-5-7-15(12(11)2)19-17(20)14-9-8-13(21-4)10-16(14)18-3/h5-10H,1-2,4H3,(H,19,20). The van der Waals surface area contributed by atoms with Crippen LogP contribution in [-0.4, -0.2) is 13.0 Å². The van der Waals surface area contributed by atoms with Crippen molar-refractivity contribution in [2.45, 2.75) is 13.8 Å². The fourth-order valence-electron chi connectivity index (χ4n) is 2.00. The second kappa shape index (κ2) is 6.10. The summed E-state index contributed by atoms with van der Waals surface area (Å²) in [6.45, 7) is 11.1. The molecule has 1 amide bonds. The highest BCUT2D eigenvalue weighted by Gasteiger charge is 2.14. The number of rotatable bonds is 3. The number of amides is 1. The highest BCUT2D eigenvalue weighted by Crippen LogP contribution is 2.27. The molecule has 2 aromatic carbocycles. The monoisotopic (exact) mass is 280 g/mol. The van der Waals surface area contributed by atoms with E-state index in [0.717, 1.165) is 16.8 Å². The molecule has 4 heteroatoms. The number of carbonyl (C=O) groups excluding carboxylic acids is 1. The molecule has 0 saturated heterocycles. The Balaban J connectivity index is 2.33. The van der Waals surface area contributed by atoms with Crippen LogP contribution < -0.4 is 10.1 Å². The molecule has 4 nitrogen and oxygen atoms in total. The van der Waals surface area contributed by atoms with Crippen LogP contribution in [0.3, 0.4) is 0 Å². The average Bonchev–Trinajstić information content (AvgIpc) is 2.51. The molecule has 0 unspecified atom stereocenters. The maximum atomic E-state index is 12.4. The highest BCUT2D eigenvalue weighted by atomic mass is 16.5. The number of carbonyl (C=O) groups is 1. The zero-order chi connectivity index (χ0) is 15.4. The van der Waals surface area contributed by atoms with Crippen LogP contribution in [0.5, 0.6) is 5.75 Å². The minimum absolute atomic E-state index is 0.275. The van der Waals surface area contributed by atoms with Gasteiger partial charge in [0.2, 0.25) is 11.6 Å². The molecule has 2 aromatic rings. The third-order valence-corrected chi connectivity index (χ3v) is 3.42. The van der Waals surface area contributed by atoms with Crippen LogP contribution >= 0.6 is 0 Å². The van der Waals surface area contributed by atoms with Crippen LogP contribution in [-0.2, 0) is 0 Å². The predicted octanol–water partition coefficient (Wildman–Crippen LogP) is 4.12. The van der Waals surface area contributed by atoms with Gasteiger partial charge < -0.3 is 10.1 Å². The fourth-order valence-corrected chi connectivity index (χ4v) is 2.00. The molecule has 1 N–H and O–H groups in total. The molecule has 0 aromatic heterocycles. The van der Waals surface area contributed by atoms with Crippen LogP contribution in [0.2, 0.25) is 0 Å². The minimum atomic E-state index is -0.294.